The first-order valence-corrected chi connectivity index (χ1v) is 11.9. The lowest BCUT2D eigenvalue weighted by atomic mass is 9.78. The number of carboxylic acid groups (broad SMARTS) is 1. The van der Waals surface area contributed by atoms with Crippen molar-refractivity contribution in [2.45, 2.75) is 51.0 Å². The van der Waals surface area contributed by atoms with Gasteiger partial charge in [0.2, 0.25) is 5.91 Å². The predicted molar refractivity (Wildman–Crippen MR) is 128 cm³/mol. The molecule has 2 aliphatic rings. The number of ether oxygens (including phenoxy) is 1. The van der Waals surface area contributed by atoms with Gasteiger partial charge in [0, 0.05) is 18.4 Å². The molecule has 0 aromatic heterocycles. The summed E-state index contributed by atoms with van der Waals surface area (Å²) in [6.45, 7) is 3.50. The van der Waals surface area contributed by atoms with Gasteiger partial charge < -0.3 is 20.5 Å². The van der Waals surface area contributed by atoms with Gasteiger partial charge in [0.25, 0.3) is 0 Å². The molecular weight excluding hydrogens is 432 g/mol. The van der Waals surface area contributed by atoms with Crippen molar-refractivity contribution in [1.29, 1.82) is 0 Å². The van der Waals surface area contributed by atoms with Gasteiger partial charge >= 0.3 is 12.1 Å². The van der Waals surface area contributed by atoms with Crippen molar-refractivity contribution >= 4 is 18.0 Å². The zero-order valence-corrected chi connectivity index (χ0v) is 19.7. The van der Waals surface area contributed by atoms with Crippen LogP contribution in [0.1, 0.15) is 56.6 Å². The Morgan fingerprint density at radius 2 is 1.56 bits per heavy atom. The molecule has 2 aromatic rings. The van der Waals surface area contributed by atoms with Gasteiger partial charge in [0.05, 0.1) is 0 Å². The number of alkyl carbamates (subject to hydrolysis) is 1. The molecular formula is C27H32N2O5. The summed E-state index contributed by atoms with van der Waals surface area (Å²) in [5, 5.41) is 14.8. The summed E-state index contributed by atoms with van der Waals surface area (Å²) >= 11 is 0. The summed E-state index contributed by atoms with van der Waals surface area (Å²) in [6, 6.07) is 16.4. The van der Waals surface area contributed by atoms with Crippen LogP contribution in [-0.4, -0.2) is 41.8 Å². The molecule has 0 heterocycles. The smallest absolute Gasteiger partial charge is 0.407 e. The molecule has 1 fully saturated rings. The van der Waals surface area contributed by atoms with Gasteiger partial charge in [-0.25, -0.2) is 9.59 Å². The Morgan fingerprint density at radius 1 is 0.971 bits per heavy atom. The fourth-order valence-electron chi connectivity index (χ4n) is 5.12. The Balaban J connectivity index is 1.34. The van der Waals surface area contributed by atoms with E-state index in [1.807, 2.05) is 24.3 Å². The van der Waals surface area contributed by atoms with Gasteiger partial charge in [-0.15, -0.1) is 0 Å². The third-order valence-electron chi connectivity index (χ3n) is 7.07. The Morgan fingerprint density at radius 3 is 2.18 bits per heavy atom. The number of benzene rings is 2. The van der Waals surface area contributed by atoms with Crippen molar-refractivity contribution in [1.82, 2.24) is 10.6 Å². The molecule has 7 nitrogen and oxygen atoms in total. The number of carbonyl (C=O) groups is 3. The highest BCUT2D eigenvalue weighted by atomic mass is 16.5. The van der Waals surface area contributed by atoms with E-state index in [9.17, 15) is 19.5 Å². The van der Waals surface area contributed by atoms with Crippen LogP contribution in [0.15, 0.2) is 48.5 Å². The van der Waals surface area contributed by atoms with Gasteiger partial charge in [-0.05, 0) is 54.9 Å². The molecule has 7 heteroatoms. The quantitative estimate of drug-likeness (QED) is 0.566. The summed E-state index contributed by atoms with van der Waals surface area (Å²) in [6.07, 6.45) is 2.86. The number of aliphatic carboxylic acids is 1. The number of carbonyl (C=O) groups excluding carboxylic acids is 2. The molecule has 2 aromatic carbocycles. The van der Waals surface area contributed by atoms with Crippen LogP contribution >= 0.6 is 0 Å². The van der Waals surface area contributed by atoms with Crippen LogP contribution in [0.4, 0.5) is 4.79 Å². The number of hydrogen-bond acceptors (Lipinski definition) is 4. The molecule has 0 spiro atoms. The first-order chi connectivity index (χ1) is 16.3. The zero-order chi connectivity index (χ0) is 24.3. The first-order valence-electron chi connectivity index (χ1n) is 11.9. The summed E-state index contributed by atoms with van der Waals surface area (Å²) in [7, 11) is 0. The van der Waals surface area contributed by atoms with Crippen molar-refractivity contribution in [3.05, 3.63) is 59.7 Å². The van der Waals surface area contributed by atoms with Crippen LogP contribution < -0.4 is 10.6 Å². The fourth-order valence-corrected chi connectivity index (χ4v) is 5.12. The molecule has 0 radical (unpaired) electrons. The van der Waals surface area contributed by atoms with Crippen molar-refractivity contribution in [3.8, 4) is 11.1 Å². The SMILES string of the molecule is CC(C)(NC(=O)[C@H]1CCCC[C@H]1CNC(=O)OCC1c2ccccc2-c2ccccc21)C(=O)O. The van der Waals surface area contributed by atoms with E-state index in [2.05, 4.69) is 34.9 Å². The maximum Gasteiger partial charge on any atom is 0.407 e. The molecule has 34 heavy (non-hydrogen) atoms. The van der Waals surface area contributed by atoms with Gasteiger partial charge in [0.1, 0.15) is 12.1 Å². The standard InChI is InChI=1S/C27H32N2O5/c1-27(2,25(31)32)29-24(30)18-10-4-3-9-17(18)15-28-26(33)34-16-23-21-13-7-5-11-19(21)20-12-6-8-14-22(20)23/h5-8,11-14,17-18,23H,3-4,9-10,15-16H2,1-2H3,(H,28,33)(H,29,30)(H,31,32)/t17-,18-/m0/s1. The number of carboxylic acids is 1. The van der Waals surface area contributed by atoms with E-state index < -0.39 is 17.6 Å². The predicted octanol–water partition coefficient (Wildman–Crippen LogP) is 4.31. The lowest BCUT2D eigenvalue weighted by molar-refractivity contribution is -0.147. The summed E-state index contributed by atoms with van der Waals surface area (Å²) in [5.74, 6) is -1.75. The third-order valence-corrected chi connectivity index (χ3v) is 7.07. The number of amides is 2. The minimum absolute atomic E-state index is 0.00962. The van der Waals surface area contributed by atoms with Crippen molar-refractivity contribution in [2.75, 3.05) is 13.2 Å². The molecule has 2 atom stereocenters. The lowest BCUT2D eigenvalue weighted by Crippen LogP contribution is -2.53. The summed E-state index contributed by atoms with van der Waals surface area (Å²) < 4.78 is 5.61. The number of nitrogens with one attached hydrogen (secondary N) is 2. The summed E-state index contributed by atoms with van der Waals surface area (Å²) in [4.78, 5) is 36.7. The maximum atomic E-state index is 12.8. The highest BCUT2D eigenvalue weighted by Crippen LogP contribution is 2.44. The number of hydrogen-bond donors (Lipinski definition) is 3. The average molecular weight is 465 g/mol. The highest BCUT2D eigenvalue weighted by Gasteiger charge is 2.36. The maximum absolute atomic E-state index is 12.8. The zero-order valence-electron chi connectivity index (χ0n) is 19.7. The highest BCUT2D eigenvalue weighted by molar-refractivity contribution is 5.87. The number of fused-ring (bicyclic) bond motifs is 3. The van der Waals surface area contributed by atoms with Gasteiger partial charge in [-0.2, -0.15) is 0 Å². The second-order valence-electron chi connectivity index (χ2n) is 9.78. The van der Waals surface area contributed by atoms with Crippen LogP contribution in [-0.2, 0) is 14.3 Å². The number of rotatable bonds is 7. The second-order valence-corrected chi connectivity index (χ2v) is 9.78. The molecule has 3 N–H and O–H groups in total. The Kier molecular flexibility index (Phi) is 6.91. The van der Waals surface area contributed by atoms with E-state index in [1.165, 1.54) is 25.0 Å². The van der Waals surface area contributed by atoms with Crippen molar-refractivity contribution in [2.24, 2.45) is 11.8 Å². The van der Waals surface area contributed by atoms with Crippen LogP contribution in [0.5, 0.6) is 0 Å². The third kappa shape index (κ3) is 4.93. The Bertz CT molecular complexity index is 1030. The molecule has 0 saturated heterocycles. The van der Waals surface area contributed by atoms with Gasteiger partial charge in [-0.1, -0.05) is 61.4 Å². The van der Waals surface area contributed by atoms with Gasteiger partial charge in [-0.3, -0.25) is 4.79 Å². The van der Waals surface area contributed by atoms with E-state index in [0.29, 0.717) is 13.0 Å². The van der Waals surface area contributed by atoms with Crippen LogP contribution in [0.2, 0.25) is 0 Å². The normalized spacial score (nSPS) is 19.6. The van der Waals surface area contributed by atoms with Crippen LogP contribution in [0.3, 0.4) is 0 Å². The monoisotopic (exact) mass is 464 g/mol. The topological polar surface area (TPSA) is 105 Å². The Labute approximate surface area is 199 Å². The summed E-state index contributed by atoms with van der Waals surface area (Å²) in [5.41, 5.74) is 3.32. The molecule has 0 aliphatic heterocycles. The van der Waals surface area contributed by atoms with E-state index in [0.717, 1.165) is 30.4 Å². The van der Waals surface area contributed by atoms with Crippen molar-refractivity contribution in [3.63, 3.8) is 0 Å². The largest absolute Gasteiger partial charge is 0.480 e. The molecule has 180 valence electrons. The second kappa shape index (κ2) is 9.87. The molecule has 2 aliphatic carbocycles. The molecule has 4 rings (SSSR count). The van der Waals surface area contributed by atoms with Gasteiger partial charge in [0.15, 0.2) is 0 Å². The van der Waals surface area contributed by atoms with Crippen molar-refractivity contribution < 1.29 is 24.2 Å². The molecule has 0 unspecified atom stereocenters. The van der Waals surface area contributed by atoms with Crippen LogP contribution in [0.25, 0.3) is 11.1 Å². The molecule has 0 bridgehead atoms. The van der Waals surface area contributed by atoms with E-state index >= 15 is 0 Å². The minimum atomic E-state index is -1.33. The van der Waals surface area contributed by atoms with E-state index in [1.54, 1.807) is 0 Å². The first kappa shape index (κ1) is 23.8. The average Bonchev–Trinajstić information content (AvgIpc) is 3.15. The molecule has 2 amide bonds. The molecule has 1 saturated carbocycles. The van der Waals surface area contributed by atoms with Crippen LogP contribution in [0, 0.1) is 11.8 Å². The fraction of sp³-hybridized carbons (Fsp3) is 0.444. The lowest BCUT2D eigenvalue weighted by Gasteiger charge is -2.33. The Hall–Kier alpha value is -3.35. The minimum Gasteiger partial charge on any atom is -0.480 e. The van der Waals surface area contributed by atoms with E-state index in [4.69, 9.17) is 4.74 Å². The van der Waals surface area contributed by atoms with E-state index in [-0.39, 0.29) is 30.3 Å².